The van der Waals surface area contributed by atoms with Crippen molar-refractivity contribution in [2.24, 2.45) is 0 Å². The standard InChI is InChI=1S/C10H12N4/c1-7(2)6-13-10-4-3-8(12)9(5-11)14-10/h3-4H,1,6,12H2,2H3,(H,13,14). The van der Waals surface area contributed by atoms with Gasteiger partial charge in [-0.3, -0.25) is 0 Å². The van der Waals surface area contributed by atoms with Gasteiger partial charge in [-0.15, -0.1) is 0 Å². The second kappa shape index (κ2) is 4.28. The summed E-state index contributed by atoms with van der Waals surface area (Å²) in [6.07, 6.45) is 0. The van der Waals surface area contributed by atoms with Crippen LogP contribution in [0.2, 0.25) is 0 Å². The molecule has 72 valence electrons. The molecule has 1 heterocycles. The number of hydrogen-bond acceptors (Lipinski definition) is 4. The number of nitrogens with two attached hydrogens (primary N) is 1. The van der Waals surface area contributed by atoms with Crippen molar-refractivity contribution in [1.29, 1.82) is 5.26 Å². The van der Waals surface area contributed by atoms with Crippen molar-refractivity contribution >= 4 is 11.5 Å². The first-order valence-corrected chi connectivity index (χ1v) is 4.18. The minimum absolute atomic E-state index is 0.247. The molecule has 0 saturated heterocycles. The quantitative estimate of drug-likeness (QED) is 0.705. The Labute approximate surface area is 83.1 Å². The van der Waals surface area contributed by atoms with E-state index >= 15 is 0 Å². The van der Waals surface area contributed by atoms with Crippen LogP contribution in [0.25, 0.3) is 0 Å². The lowest BCUT2D eigenvalue weighted by Gasteiger charge is -2.05. The molecule has 0 amide bonds. The summed E-state index contributed by atoms with van der Waals surface area (Å²) in [7, 11) is 0. The molecule has 0 aliphatic heterocycles. The first-order chi connectivity index (χ1) is 6.63. The fourth-order valence-corrected chi connectivity index (χ4v) is 0.899. The third-order valence-electron chi connectivity index (χ3n) is 1.60. The molecule has 1 aromatic rings. The van der Waals surface area contributed by atoms with Crippen molar-refractivity contribution in [2.75, 3.05) is 17.6 Å². The molecule has 0 saturated carbocycles. The molecule has 1 aromatic heterocycles. The molecule has 0 atom stereocenters. The van der Waals surface area contributed by atoms with E-state index in [9.17, 15) is 0 Å². The van der Waals surface area contributed by atoms with Crippen LogP contribution in [0.1, 0.15) is 12.6 Å². The summed E-state index contributed by atoms with van der Waals surface area (Å²) in [4.78, 5) is 4.02. The van der Waals surface area contributed by atoms with Crippen molar-refractivity contribution in [3.8, 4) is 6.07 Å². The summed E-state index contributed by atoms with van der Waals surface area (Å²) in [6, 6.07) is 5.32. The maximum atomic E-state index is 8.68. The highest BCUT2D eigenvalue weighted by atomic mass is 15.0. The van der Waals surface area contributed by atoms with Gasteiger partial charge in [-0.2, -0.15) is 5.26 Å². The topological polar surface area (TPSA) is 74.7 Å². The molecule has 14 heavy (non-hydrogen) atoms. The van der Waals surface area contributed by atoms with E-state index in [1.165, 1.54) is 0 Å². The van der Waals surface area contributed by atoms with Gasteiger partial charge < -0.3 is 11.1 Å². The van der Waals surface area contributed by atoms with Crippen LogP contribution in [0.5, 0.6) is 0 Å². The molecule has 0 radical (unpaired) electrons. The van der Waals surface area contributed by atoms with Crippen molar-refractivity contribution in [3.05, 3.63) is 30.0 Å². The van der Waals surface area contributed by atoms with E-state index in [1.807, 2.05) is 13.0 Å². The van der Waals surface area contributed by atoms with Gasteiger partial charge in [0.1, 0.15) is 11.9 Å². The van der Waals surface area contributed by atoms with Gasteiger partial charge in [0.15, 0.2) is 5.69 Å². The molecule has 0 fully saturated rings. The molecule has 0 aromatic carbocycles. The fourth-order valence-electron chi connectivity index (χ4n) is 0.899. The number of pyridine rings is 1. The Morgan fingerprint density at radius 3 is 3.00 bits per heavy atom. The van der Waals surface area contributed by atoms with Crippen LogP contribution in [0.15, 0.2) is 24.3 Å². The fraction of sp³-hybridized carbons (Fsp3) is 0.200. The van der Waals surface area contributed by atoms with Crippen LogP contribution in [-0.2, 0) is 0 Å². The molecule has 4 heteroatoms. The third-order valence-corrected chi connectivity index (χ3v) is 1.60. The lowest BCUT2D eigenvalue weighted by Crippen LogP contribution is -2.05. The summed E-state index contributed by atoms with van der Waals surface area (Å²) >= 11 is 0. The van der Waals surface area contributed by atoms with Crippen LogP contribution < -0.4 is 11.1 Å². The zero-order valence-electron chi connectivity index (χ0n) is 8.04. The summed E-state index contributed by atoms with van der Waals surface area (Å²) in [5.74, 6) is 0.638. The number of nitrogen functional groups attached to an aromatic ring is 1. The molecule has 4 nitrogen and oxygen atoms in total. The van der Waals surface area contributed by atoms with E-state index < -0.39 is 0 Å². The van der Waals surface area contributed by atoms with Gasteiger partial charge in [0.25, 0.3) is 0 Å². The largest absolute Gasteiger partial charge is 0.396 e. The number of hydrogen-bond donors (Lipinski definition) is 2. The first-order valence-electron chi connectivity index (χ1n) is 4.18. The lowest BCUT2D eigenvalue weighted by atomic mass is 10.3. The van der Waals surface area contributed by atoms with Crippen molar-refractivity contribution in [1.82, 2.24) is 4.98 Å². The van der Waals surface area contributed by atoms with Gasteiger partial charge in [0, 0.05) is 6.54 Å². The van der Waals surface area contributed by atoms with Crippen LogP contribution in [0.3, 0.4) is 0 Å². The van der Waals surface area contributed by atoms with Crippen molar-refractivity contribution in [3.63, 3.8) is 0 Å². The Bertz CT molecular complexity index is 390. The zero-order chi connectivity index (χ0) is 10.6. The predicted octanol–water partition coefficient (Wildman–Crippen LogP) is 1.52. The van der Waals surface area contributed by atoms with Gasteiger partial charge in [-0.05, 0) is 19.1 Å². The highest BCUT2D eigenvalue weighted by molar-refractivity contribution is 5.54. The molecular formula is C10H12N4. The average Bonchev–Trinajstić information content (AvgIpc) is 2.16. The minimum Gasteiger partial charge on any atom is -0.396 e. The molecule has 0 aliphatic rings. The first kappa shape index (κ1) is 10.1. The molecule has 0 aliphatic carbocycles. The van der Waals surface area contributed by atoms with Crippen molar-refractivity contribution < 1.29 is 0 Å². The Kier molecular flexibility index (Phi) is 3.08. The normalized spacial score (nSPS) is 9.14. The molecule has 0 bridgehead atoms. The summed E-state index contributed by atoms with van der Waals surface area (Å²) in [5.41, 5.74) is 7.17. The monoisotopic (exact) mass is 188 g/mol. The Morgan fingerprint density at radius 2 is 2.43 bits per heavy atom. The Balaban J connectivity index is 2.80. The van der Waals surface area contributed by atoms with E-state index in [1.54, 1.807) is 12.1 Å². The number of nitriles is 1. The SMILES string of the molecule is C=C(C)CNc1ccc(N)c(C#N)n1. The van der Waals surface area contributed by atoms with Crippen LogP contribution in [0.4, 0.5) is 11.5 Å². The molecule has 1 rings (SSSR count). The molecular weight excluding hydrogens is 176 g/mol. The predicted molar refractivity (Wildman–Crippen MR) is 56.7 cm³/mol. The van der Waals surface area contributed by atoms with Crippen LogP contribution >= 0.6 is 0 Å². The number of nitrogens with zero attached hydrogens (tertiary/aromatic N) is 2. The van der Waals surface area contributed by atoms with Gasteiger partial charge in [-0.1, -0.05) is 12.2 Å². The average molecular weight is 188 g/mol. The van der Waals surface area contributed by atoms with Crippen LogP contribution in [-0.4, -0.2) is 11.5 Å². The zero-order valence-corrected chi connectivity index (χ0v) is 8.04. The van der Waals surface area contributed by atoms with E-state index in [-0.39, 0.29) is 5.69 Å². The second-order valence-electron chi connectivity index (χ2n) is 3.06. The maximum absolute atomic E-state index is 8.68. The van der Waals surface area contributed by atoms with Gasteiger partial charge >= 0.3 is 0 Å². The third kappa shape index (κ3) is 2.49. The van der Waals surface area contributed by atoms with Gasteiger partial charge in [0.2, 0.25) is 0 Å². The molecule has 0 unspecified atom stereocenters. The minimum atomic E-state index is 0.247. The Hall–Kier alpha value is -2.02. The van der Waals surface area contributed by atoms with E-state index in [4.69, 9.17) is 11.0 Å². The van der Waals surface area contributed by atoms with E-state index in [2.05, 4.69) is 16.9 Å². The summed E-state index contributed by atoms with van der Waals surface area (Å²) < 4.78 is 0. The van der Waals surface area contributed by atoms with Gasteiger partial charge in [0.05, 0.1) is 5.69 Å². The number of nitrogens with one attached hydrogen (secondary N) is 1. The molecule has 0 spiro atoms. The number of rotatable bonds is 3. The van der Waals surface area contributed by atoms with E-state index in [0.717, 1.165) is 5.57 Å². The highest BCUT2D eigenvalue weighted by Crippen LogP contribution is 2.11. The Morgan fingerprint density at radius 1 is 1.71 bits per heavy atom. The summed E-state index contributed by atoms with van der Waals surface area (Å²) in [6.45, 7) is 6.30. The summed E-state index contributed by atoms with van der Waals surface area (Å²) in [5, 5.41) is 11.7. The lowest BCUT2D eigenvalue weighted by molar-refractivity contribution is 1.16. The van der Waals surface area contributed by atoms with Crippen LogP contribution in [0, 0.1) is 11.3 Å². The van der Waals surface area contributed by atoms with Gasteiger partial charge in [-0.25, -0.2) is 4.98 Å². The number of aromatic nitrogens is 1. The maximum Gasteiger partial charge on any atom is 0.165 e. The second-order valence-corrected chi connectivity index (χ2v) is 3.06. The highest BCUT2D eigenvalue weighted by Gasteiger charge is 2.00. The molecule has 3 N–H and O–H groups in total. The number of anilines is 2. The smallest absolute Gasteiger partial charge is 0.165 e. The van der Waals surface area contributed by atoms with E-state index in [0.29, 0.717) is 18.1 Å². The van der Waals surface area contributed by atoms with Crippen molar-refractivity contribution in [2.45, 2.75) is 6.92 Å².